The molecule has 1 fully saturated rings. The highest BCUT2D eigenvalue weighted by Gasteiger charge is 2.33. The molecule has 1 aromatic carbocycles. The van der Waals surface area contributed by atoms with Crippen molar-refractivity contribution in [2.75, 3.05) is 30.7 Å². The summed E-state index contributed by atoms with van der Waals surface area (Å²) in [6, 6.07) is 3.71. The summed E-state index contributed by atoms with van der Waals surface area (Å²) in [5, 5.41) is 3.63. The molecule has 0 aliphatic carbocycles. The van der Waals surface area contributed by atoms with Gasteiger partial charge in [0, 0.05) is 16.1 Å². The van der Waals surface area contributed by atoms with Gasteiger partial charge in [-0.2, -0.15) is 0 Å². The van der Waals surface area contributed by atoms with E-state index in [2.05, 4.69) is 10.2 Å². The molecule has 1 atom stereocenters. The molecular formula is C17H25Cl2N3O3S. The average molecular weight is 422 g/mol. The van der Waals surface area contributed by atoms with Gasteiger partial charge in [-0.15, -0.1) is 0 Å². The van der Waals surface area contributed by atoms with Gasteiger partial charge in [-0.1, -0.05) is 30.1 Å². The molecule has 0 bridgehead atoms. The predicted octanol–water partition coefficient (Wildman–Crippen LogP) is 2.75. The van der Waals surface area contributed by atoms with Crippen LogP contribution in [0.15, 0.2) is 18.2 Å². The lowest BCUT2D eigenvalue weighted by molar-refractivity contribution is -0.123. The summed E-state index contributed by atoms with van der Waals surface area (Å²) in [7, 11) is -1.67. The normalized spacial score (nSPS) is 17.7. The molecule has 0 radical (unpaired) electrons. The zero-order chi connectivity index (χ0) is 19.5. The number of amides is 1. The highest BCUT2D eigenvalue weighted by atomic mass is 35.5. The van der Waals surface area contributed by atoms with Crippen LogP contribution in [-0.2, 0) is 14.8 Å². The minimum absolute atomic E-state index is 0.0529. The minimum atomic E-state index is -3.71. The van der Waals surface area contributed by atoms with Crippen LogP contribution in [0.25, 0.3) is 0 Å². The van der Waals surface area contributed by atoms with Gasteiger partial charge in [0.15, 0.2) is 0 Å². The first-order chi connectivity index (χ1) is 12.1. The molecule has 1 saturated heterocycles. The third-order valence-electron chi connectivity index (χ3n) is 4.50. The summed E-state index contributed by atoms with van der Waals surface area (Å²) in [5.74, 6) is -0.302. The highest BCUT2D eigenvalue weighted by molar-refractivity contribution is 7.92. The van der Waals surface area contributed by atoms with E-state index < -0.39 is 16.1 Å². The van der Waals surface area contributed by atoms with E-state index in [4.69, 9.17) is 23.2 Å². The number of piperidine rings is 1. The molecule has 2 rings (SSSR count). The van der Waals surface area contributed by atoms with Crippen LogP contribution in [0.5, 0.6) is 0 Å². The number of carbonyl (C=O) groups is 1. The maximum atomic E-state index is 12.9. The van der Waals surface area contributed by atoms with Gasteiger partial charge in [-0.25, -0.2) is 8.42 Å². The summed E-state index contributed by atoms with van der Waals surface area (Å²) in [4.78, 5) is 15.1. The Bertz CT molecular complexity index is 729. The van der Waals surface area contributed by atoms with E-state index in [0.717, 1.165) is 36.5 Å². The molecule has 26 heavy (non-hydrogen) atoms. The van der Waals surface area contributed by atoms with Crippen LogP contribution >= 0.6 is 23.2 Å². The number of hydrogen-bond donors (Lipinski definition) is 1. The van der Waals surface area contributed by atoms with Gasteiger partial charge in [0.05, 0.1) is 11.9 Å². The van der Waals surface area contributed by atoms with Gasteiger partial charge >= 0.3 is 0 Å². The second-order valence-corrected chi connectivity index (χ2v) is 9.43. The largest absolute Gasteiger partial charge is 0.351 e. The van der Waals surface area contributed by atoms with Crippen LogP contribution in [0.2, 0.25) is 10.0 Å². The molecule has 146 valence electrons. The smallest absolute Gasteiger partial charge is 0.244 e. The number of sulfonamides is 1. The van der Waals surface area contributed by atoms with Crippen molar-refractivity contribution in [2.24, 2.45) is 0 Å². The number of hydrogen-bond acceptors (Lipinski definition) is 4. The van der Waals surface area contributed by atoms with E-state index in [0.29, 0.717) is 16.5 Å². The number of anilines is 1. The molecule has 1 aliphatic heterocycles. The Hall–Kier alpha value is -1.02. The monoisotopic (exact) mass is 421 g/mol. The molecular weight excluding hydrogens is 397 g/mol. The summed E-state index contributed by atoms with van der Waals surface area (Å²) in [6.07, 6.45) is 3.10. The van der Waals surface area contributed by atoms with Crippen LogP contribution in [0, 0.1) is 0 Å². The van der Waals surface area contributed by atoms with Crippen LogP contribution in [-0.4, -0.2) is 57.7 Å². The first-order valence-corrected chi connectivity index (χ1v) is 11.2. The van der Waals surface area contributed by atoms with E-state index in [1.54, 1.807) is 6.92 Å². The van der Waals surface area contributed by atoms with E-state index in [1.807, 2.05) is 7.05 Å². The summed E-state index contributed by atoms with van der Waals surface area (Å²) in [6.45, 7) is 3.59. The van der Waals surface area contributed by atoms with Gasteiger partial charge in [0.2, 0.25) is 15.9 Å². The Morgan fingerprint density at radius 1 is 1.27 bits per heavy atom. The van der Waals surface area contributed by atoms with Crippen LogP contribution in [0.3, 0.4) is 0 Å². The van der Waals surface area contributed by atoms with Crippen LogP contribution < -0.4 is 9.62 Å². The first kappa shape index (κ1) is 21.3. The lowest BCUT2D eigenvalue weighted by atomic mass is 10.0. The van der Waals surface area contributed by atoms with E-state index >= 15 is 0 Å². The average Bonchev–Trinajstić information content (AvgIpc) is 2.52. The molecule has 0 saturated carbocycles. The zero-order valence-corrected chi connectivity index (χ0v) is 17.5. The quantitative estimate of drug-likeness (QED) is 0.766. The molecule has 1 aliphatic rings. The number of carbonyl (C=O) groups excluding carboxylic acids is 1. The Labute approximate surface area is 165 Å². The SMILES string of the molecule is CCC(C(=O)NC1CCN(C)CC1)N(c1cc(Cl)cc(Cl)c1)S(C)(=O)=O. The number of rotatable bonds is 6. The van der Waals surface area contributed by atoms with Crippen molar-refractivity contribution in [1.82, 2.24) is 10.2 Å². The number of halogens is 2. The molecule has 0 spiro atoms. The molecule has 1 N–H and O–H groups in total. The van der Waals surface area contributed by atoms with E-state index in [9.17, 15) is 13.2 Å². The molecule has 0 aromatic heterocycles. The standard InChI is InChI=1S/C17H25Cl2N3O3S/c1-4-16(17(23)20-14-5-7-21(2)8-6-14)22(26(3,24)25)15-10-12(18)9-13(19)11-15/h9-11,14,16H,4-8H2,1-3H3,(H,20,23). The highest BCUT2D eigenvalue weighted by Crippen LogP contribution is 2.29. The van der Waals surface area contributed by atoms with Crippen molar-refractivity contribution < 1.29 is 13.2 Å². The second-order valence-electron chi connectivity index (χ2n) is 6.70. The molecule has 1 heterocycles. The Balaban J connectivity index is 2.28. The number of nitrogens with zero attached hydrogens (tertiary/aromatic N) is 2. The predicted molar refractivity (Wildman–Crippen MR) is 107 cm³/mol. The van der Waals surface area contributed by atoms with Gasteiger partial charge in [-0.3, -0.25) is 9.10 Å². The van der Waals surface area contributed by atoms with Crippen molar-refractivity contribution in [3.63, 3.8) is 0 Å². The fourth-order valence-corrected chi connectivity index (χ4v) is 4.89. The topological polar surface area (TPSA) is 69.7 Å². The van der Waals surface area contributed by atoms with Gasteiger partial charge in [-0.05, 0) is 57.6 Å². The Morgan fingerprint density at radius 3 is 2.27 bits per heavy atom. The Morgan fingerprint density at radius 2 is 1.81 bits per heavy atom. The molecule has 1 unspecified atom stereocenters. The fourth-order valence-electron chi connectivity index (χ4n) is 3.18. The van der Waals surface area contributed by atoms with Gasteiger partial charge in [0.25, 0.3) is 0 Å². The van der Waals surface area contributed by atoms with Crippen molar-refractivity contribution in [1.29, 1.82) is 0 Å². The first-order valence-electron chi connectivity index (χ1n) is 8.56. The number of benzene rings is 1. The van der Waals surface area contributed by atoms with Crippen molar-refractivity contribution in [2.45, 2.75) is 38.3 Å². The van der Waals surface area contributed by atoms with E-state index in [1.165, 1.54) is 18.2 Å². The molecule has 1 aromatic rings. The zero-order valence-electron chi connectivity index (χ0n) is 15.2. The fraction of sp³-hybridized carbons (Fsp3) is 0.588. The number of likely N-dealkylation sites (tertiary alicyclic amines) is 1. The maximum absolute atomic E-state index is 12.9. The summed E-state index contributed by atoms with van der Waals surface area (Å²) in [5.41, 5.74) is 0.287. The molecule has 9 heteroatoms. The Kier molecular flexibility index (Phi) is 7.19. The third-order valence-corrected chi connectivity index (χ3v) is 6.11. The lowest BCUT2D eigenvalue weighted by Crippen LogP contribution is -2.53. The van der Waals surface area contributed by atoms with Crippen LogP contribution in [0.1, 0.15) is 26.2 Å². The van der Waals surface area contributed by atoms with Crippen molar-refractivity contribution in [3.05, 3.63) is 28.2 Å². The van der Waals surface area contributed by atoms with Crippen molar-refractivity contribution >= 4 is 44.8 Å². The molecule has 1 amide bonds. The molecule has 6 nitrogen and oxygen atoms in total. The minimum Gasteiger partial charge on any atom is -0.351 e. The lowest BCUT2D eigenvalue weighted by Gasteiger charge is -2.34. The van der Waals surface area contributed by atoms with E-state index in [-0.39, 0.29) is 17.6 Å². The summed E-state index contributed by atoms with van der Waals surface area (Å²) < 4.78 is 26.0. The van der Waals surface area contributed by atoms with Crippen LogP contribution in [0.4, 0.5) is 5.69 Å². The van der Waals surface area contributed by atoms with Crippen molar-refractivity contribution in [3.8, 4) is 0 Å². The van der Waals surface area contributed by atoms with Gasteiger partial charge < -0.3 is 10.2 Å². The second kappa shape index (κ2) is 8.78. The summed E-state index contributed by atoms with van der Waals surface area (Å²) >= 11 is 12.1. The number of nitrogens with one attached hydrogen (secondary N) is 1. The third kappa shape index (κ3) is 5.49. The maximum Gasteiger partial charge on any atom is 0.244 e. The van der Waals surface area contributed by atoms with Gasteiger partial charge in [0.1, 0.15) is 6.04 Å².